The zero-order chi connectivity index (χ0) is 14.7. The number of nitrogens with two attached hydrogens (primary N) is 1. The third kappa shape index (κ3) is 3.09. The van der Waals surface area contributed by atoms with Gasteiger partial charge >= 0.3 is 0 Å². The first-order chi connectivity index (χ1) is 9.51. The molecule has 0 radical (unpaired) electrons. The maximum absolute atomic E-state index is 9.30. The quantitative estimate of drug-likeness (QED) is 0.925. The molecule has 0 spiro atoms. The Bertz CT molecular complexity index is 672. The van der Waals surface area contributed by atoms with Gasteiger partial charge in [-0.15, -0.1) is 0 Å². The van der Waals surface area contributed by atoms with Crippen molar-refractivity contribution < 1.29 is 0 Å². The molecule has 0 bridgehead atoms. The number of aromatic nitrogens is 1. The van der Waals surface area contributed by atoms with Crippen LogP contribution in [0.15, 0.2) is 30.3 Å². The summed E-state index contributed by atoms with van der Waals surface area (Å²) in [5.41, 5.74) is 8.89. The molecule has 4 heteroatoms. The Morgan fingerprint density at radius 1 is 1.35 bits per heavy atom. The predicted octanol–water partition coefficient (Wildman–Crippen LogP) is 4.05. The van der Waals surface area contributed by atoms with E-state index in [1.807, 2.05) is 24.3 Å². The molecule has 2 rings (SSSR count). The van der Waals surface area contributed by atoms with Gasteiger partial charge in [-0.25, -0.2) is 4.98 Å². The molecule has 1 aromatic carbocycles. The predicted molar refractivity (Wildman–Crippen MR) is 82.4 cm³/mol. The highest BCUT2D eigenvalue weighted by molar-refractivity contribution is 6.30. The zero-order valence-corrected chi connectivity index (χ0v) is 12.3. The normalized spacial score (nSPS) is 10.6. The Kier molecular flexibility index (Phi) is 4.26. The van der Waals surface area contributed by atoms with Crippen LogP contribution in [0.3, 0.4) is 0 Å². The van der Waals surface area contributed by atoms with Gasteiger partial charge in [0.05, 0.1) is 0 Å². The Labute approximate surface area is 124 Å². The molecule has 3 nitrogen and oxygen atoms in total. The third-order valence-corrected chi connectivity index (χ3v) is 3.20. The SMILES string of the molecule is CC(C)Cc1cc(-c2cccc(Cl)c2)c(C#N)c(N)n1. The molecule has 0 aliphatic carbocycles. The number of benzene rings is 1. The van der Waals surface area contributed by atoms with Crippen molar-refractivity contribution in [3.05, 3.63) is 46.6 Å². The van der Waals surface area contributed by atoms with E-state index in [9.17, 15) is 5.26 Å². The minimum atomic E-state index is 0.278. The monoisotopic (exact) mass is 285 g/mol. The summed E-state index contributed by atoms with van der Waals surface area (Å²) in [6.45, 7) is 4.24. The molecule has 0 atom stereocenters. The highest BCUT2D eigenvalue weighted by atomic mass is 35.5. The topological polar surface area (TPSA) is 62.7 Å². The Morgan fingerprint density at radius 3 is 2.70 bits per heavy atom. The van der Waals surface area contributed by atoms with E-state index in [2.05, 4.69) is 24.9 Å². The number of halogens is 1. The first-order valence-corrected chi connectivity index (χ1v) is 6.84. The van der Waals surface area contributed by atoms with Crippen LogP contribution in [-0.4, -0.2) is 4.98 Å². The third-order valence-electron chi connectivity index (χ3n) is 2.97. The number of rotatable bonds is 3. The van der Waals surface area contributed by atoms with Gasteiger partial charge < -0.3 is 5.73 Å². The lowest BCUT2D eigenvalue weighted by atomic mass is 9.98. The summed E-state index contributed by atoms with van der Waals surface area (Å²) in [4.78, 5) is 4.32. The van der Waals surface area contributed by atoms with Gasteiger partial charge in [0.2, 0.25) is 0 Å². The number of hydrogen-bond acceptors (Lipinski definition) is 3. The molecule has 1 heterocycles. The summed E-state index contributed by atoms with van der Waals surface area (Å²) in [5.74, 6) is 0.752. The van der Waals surface area contributed by atoms with Crippen LogP contribution in [0.1, 0.15) is 25.1 Å². The van der Waals surface area contributed by atoms with Crippen molar-refractivity contribution in [1.82, 2.24) is 4.98 Å². The van der Waals surface area contributed by atoms with Crippen molar-refractivity contribution in [3.8, 4) is 17.2 Å². The summed E-state index contributed by atoms with van der Waals surface area (Å²) in [6, 6.07) is 11.5. The molecule has 102 valence electrons. The van der Waals surface area contributed by atoms with Crippen LogP contribution in [-0.2, 0) is 6.42 Å². The Balaban J connectivity index is 2.61. The van der Waals surface area contributed by atoms with E-state index in [4.69, 9.17) is 17.3 Å². The van der Waals surface area contributed by atoms with E-state index in [0.717, 1.165) is 23.2 Å². The van der Waals surface area contributed by atoms with E-state index in [0.29, 0.717) is 16.5 Å². The number of nitrogens with zero attached hydrogens (tertiary/aromatic N) is 2. The highest BCUT2D eigenvalue weighted by Gasteiger charge is 2.13. The summed E-state index contributed by atoms with van der Waals surface area (Å²) in [6.07, 6.45) is 0.823. The van der Waals surface area contributed by atoms with Gasteiger partial charge in [0.1, 0.15) is 17.5 Å². The second-order valence-corrected chi connectivity index (χ2v) is 5.58. The molecule has 2 aromatic rings. The van der Waals surface area contributed by atoms with Gasteiger partial charge in [-0.1, -0.05) is 37.6 Å². The summed E-state index contributed by atoms with van der Waals surface area (Å²) in [5, 5.41) is 9.93. The van der Waals surface area contributed by atoms with Gasteiger partial charge in [0.15, 0.2) is 0 Å². The van der Waals surface area contributed by atoms with Crippen molar-refractivity contribution in [3.63, 3.8) is 0 Å². The van der Waals surface area contributed by atoms with E-state index >= 15 is 0 Å². The van der Waals surface area contributed by atoms with Gasteiger partial charge in [-0.3, -0.25) is 0 Å². The van der Waals surface area contributed by atoms with E-state index in [1.165, 1.54) is 0 Å². The molecule has 0 aliphatic heterocycles. The largest absolute Gasteiger partial charge is 0.383 e. The molecule has 0 unspecified atom stereocenters. The van der Waals surface area contributed by atoms with Gasteiger partial charge in [0, 0.05) is 16.3 Å². The van der Waals surface area contributed by atoms with Crippen molar-refractivity contribution >= 4 is 17.4 Å². The number of nitrogen functional groups attached to an aromatic ring is 1. The molecule has 0 aliphatic rings. The second kappa shape index (κ2) is 5.94. The number of nitriles is 1. The van der Waals surface area contributed by atoms with E-state index in [1.54, 1.807) is 6.07 Å². The molecular formula is C16H16ClN3. The van der Waals surface area contributed by atoms with Crippen molar-refractivity contribution in [2.24, 2.45) is 5.92 Å². The fraction of sp³-hybridized carbons (Fsp3) is 0.250. The summed E-state index contributed by atoms with van der Waals surface area (Å²) in [7, 11) is 0. The van der Waals surface area contributed by atoms with Crippen LogP contribution in [0, 0.1) is 17.2 Å². The molecule has 2 N–H and O–H groups in total. The lowest BCUT2D eigenvalue weighted by Gasteiger charge is -2.11. The molecule has 1 aromatic heterocycles. The minimum absolute atomic E-state index is 0.278. The molecule has 0 fully saturated rings. The van der Waals surface area contributed by atoms with E-state index in [-0.39, 0.29) is 5.82 Å². The second-order valence-electron chi connectivity index (χ2n) is 5.14. The first kappa shape index (κ1) is 14.4. The van der Waals surface area contributed by atoms with Crippen LogP contribution in [0.5, 0.6) is 0 Å². The number of pyridine rings is 1. The summed E-state index contributed by atoms with van der Waals surface area (Å²) < 4.78 is 0. The van der Waals surface area contributed by atoms with Crippen LogP contribution in [0.25, 0.3) is 11.1 Å². The number of hydrogen-bond donors (Lipinski definition) is 1. The lowest BCUT2D eigenvalue weighted by Crippen LogP contribution is -2.04. The Morgan fingerprint density at radius 2 is 2.10 bits per heavy atom. The van der Waals surface area contributed by atoms with Crippen LogP contribution in [0.4, 0.5) is 5.82 Å². The van der Waals surface area contributed by atoms with Gasteiger partial charge in [0.25, 0.3) is 0 Å². The molecular weight excluding hydrogens is 270 g/mol. The minimum Gasteiger partial charge on any atom is -0.383 e. The van der Waals surface area contributed by atoms with Crippen LogP contribution < -0.4 is 5.73 Å². The average molecular weight is 286 g/mol. The molecule has 0 saturated heterocycles. The average Bonchev–Trinajstić information content (AvgIpc) is 2.37. The summed E-state index contributed by atoms with van der Waals surface area (Å²) >= 11 is 6.02. The molecule has 0 saturated carbocycles. The van der Waals surface area contributed by atoms with E-state index < -0.39 is 0 Å². The standard InChI is InChI=1S/C16H16ClN3/c1-10(2)6-13-8-14(15(9-18)16(19)20-13)11-4-3-5-12(17)7-11/h3-5,7-8,10H,6H2,1-2H3,(H2,19,20). The lowest BCUT2D eigenvalue weighted by molar-refractivity contribution is 0.636. The first-order valence-electron chi connectivity index (χ1n) is 6.46. The van der Waals surface area contributed by atoms with Crippen molar-refractivity contribution in [1.29, 1.82) is 5.26 Å². The fourth-order valence-electron chi connectivity index (χ4n) is 2.14. The molecule has 20 heavy (non-hydrogen) atoms. The van der Waals surface area contributed by atoms with Crippen molar-refractivity contribution in [2.75, 3.05) is 5.73 Å². The number of anilines is 1. The molecule has 0 amide bonds. The highest BCUT2D eigenvalue weighted by Crippen LogP contribution is 2.29. The Hall–Kier alpha value is -2.05. The fourth-order valence-corrected chi connectivity index (χ4v) is 2.33. The van der Waals surface area contributed by atoms with Crippen molar-refractivity contribution in [2.45, 2.75) is 20.3 Å². The smallest absolute Gasteiger partial charge is 0.142 e. The van der Waals surface area contributed by atoms with Crippen LogP contribution >= 0.6 is 11.6 Å². The maximum Gasteiger partial charge on any atom is 0.142 e. The van der Waals surface area contributed by atoms with Crippen LogP contribution in [0.2, 0.25) is 5.02 Å². The maximum atomic E-state index is 9.30. The van der Waals surface area contributed by atoms with Gasteiger partial charge in [-0.2, -0.15) is 5.26 Å². The zero-order valence-electron chi connectivity index (χ0n) is 11.5. The van der Waals surface area contributed by atoms with Gasteiger partial charge in [-0.05, 0) is 36.1 Å².